The summed E-state index contributed by atoms with van der Waals surface area (Å²) in [5.74, 6) is -1.49. The van der Waals surface area contributed by atoms with Gasteiger partial charge in [-0.1, -0.05) is 67.4 Å². The van der Waals surface area contributed by atoms with Gasteiger partial charge < -0.3 is 25.2 Å². The summed E-state index contributed by atoms with van der Waals surface area (Å²) >= 11 is 12.6. The van der Waals surface area contributed by atoms with Gasteiger partial charge in [-0.15, -0.1) is 12.4 Å². The number of nitrogens with one attached hydrogen (secondary N) is 2. The Balaban J connectivity index is 0.00000612. The maximum Gasteiger partial charge on any atom is 0.329 e. The van der Waals surface area contributed by atoms with Crippen molar-refractivity contribution in [1.29, 1.82) is 0 Å². The number of carbonyl (C=O) groups is 2. The average Bonchev–Trinajstić information content (AvgIpc) is 2.81. The van der Waals surface area contributed by atoms with E-state index < -0.39 is 23.7 Å². The largest absolute Gasteiger partial charge is 0.505 e. The SMILES string of the molecule is CNCCCCOc1c(Cl)cc(C(=O)N[C@@H](Cc2ccccc2)C(=O)OCC(C)C)c(O)c1Cl.Cl. The Morgan fingerprint density at radius 1 is 1.11 bits per heavy atom. The lowest BCUT2D eigenvalue weighted by Crippen LogP contribution is -2.43. The highest BCUT2D eigenvalue weighted by molar-refractivity contribution is 6.39. The maximum atomic E-state index is 13.0. The molecule has 2 rings (SSSR count). The lowest BCUT2D eigenvalue weighted by molar-refractivity contribution is -0.147. The standard InChI is InChI=1S/C25H32Cl2N2O5.ClH/c1-16(2)15-34-25(32)20(13-17-9-5-4-6-10-17)29-24(31)18-14-19(26)23(21(27)22(18)30)33-12-8-7-11-28-3;/h4-6,9-10,14,16,20,28,30H,7-8,11-13,15H2,1-3H3,(H,29,31);1H/t20-;/m0./s1. The molecule has 0 fully saturated rings. The Kier molecular flexibility index (Phi) is 13.9. The lowest BCUT2D eigenvalue weighted by Gasteiger charge is -2.20. The van der Waals surface area contributed by atoms with Crippen LogP contribution < -0.4 is 15.4 Å². The van der Waals surface area contributed by atoms with Crippen LogP contribution in [0.5, 0.6) is 11.5 Å². The van der Waals surface area contributed by atoms with E-state index in [9.17, 15) is 14.7 Å². The number of aromatic hydroxyl groups is 1. The Morgan fingerprint density at radius 2 is 1.80 bits per heavy atom. The molecule has 1 amide bonds. The van der Waals surface area contributed by atoms with Crippen molar-refractivity contribution >= 4 is 47.5 Å². The summed E-state index contributed by atoms with van der Waals surface area (Å²) in [5.41, 5.74) is 0.684. The number of amides is 1. The summed E-state index contributed by atoms with van der Waals surface area (Å²) in [4.78, 5) is 25.7. The van der Waals surface area contributed by atoms with Gasteiger partial charge in [0.05, 0.1) is 23.8 Å². The van der Waals surface area contributed by atoms with E-state index in [1.807, 2.05) is 51.2 Å². The van der Waals surface area contributed by atoms with Crippen molar-refractivity contribution in [2.45, 2.75) is 39.2 Å². The van der Waals surface area contributed by atoms with E-state index in [1.165, 1.54) is 6.07 Å². The minimum atomic E-state index is -0.964. The number of hydrogen-bond acceptors (Lipinski definition) is 6. The quantitative estimate of drug-likeness (QED) is 0.240. The molecule has 1 atom stereocenters. The molecule has 0 aromatic heterocycles. The van der Waals surface area contributed by atoms with Gasteiger partial charge in [0.25, 0.3) is 5.91 Å². The van der Waals surface area contributed by atoms with Crippen molar-refractivity contribution < 1.29 is 24.2 Å². The molecule has 35 heavy (non-hydrogen) atoms. The molecule has 0 aliphatic carbocycles. The number of esters is 1. The molecular formula is C25H33Cl3N2O5. The summed E-state index contributed by atoms with van der Waals surface area (Å²) in [7, 11) is 1.87. The fourth-order valence-corrected chi connectivity index (χ4v) is 3.67. The van der Waals surface area contributed by atoms with E-state index in [4.69, 9.17) is 32.7 Å². The molecule has 0 saturated carbocycles. The second kappa shape index (κ2) is 15.7. The maximum absolute atomic E-state index is 13.0. The first-order chi connectivity index (χ1) is 16.2. The average molecular weight is 548 g/mol. The van der Waals surface area contributed by atoms with Crippen molar-refractivity contribution in [1.82, 2.24) is 10.6 Å². The van der Waals surface area contributed by atoms with Gasteiger partial charge in [-0.3, -0.25) is 4.79 Å². The highest BCUT2D eigenvalue weighted by Gasteiger charge is 2.27. The zero-order valence-electron chi connectivity index (χ0n) is 20.1. The van der Waals surface area contributed by atoms with E-state index in [0.717, 1.165) is 24.9 Å². The van der Waals surface area contributed by atoms with Gasteiger partial charge in [-0.2, -0.15) is 0 Å². The van der Waals surface area contributed by atoms with E-state index in [1.54, 1.807) is 0 Å². The number of halogens is 3. The molecule has 2 aromatic rings. The van der Waals surface area contributed by atoms with Crippen molar-refractivity contribution in [2.75, 3.05) is 26.8 Å². The third-order valence-corrected chi connectivity index (χ3v) is 5.53. The number of benzene rings is 2. The van der Waals surface area contributed by atoms with Gasteiger partial charge in [0.1, 0.15) is 11.1 Å². The first-order valence-corrected chi connectivity index (χ1v) is 12.0. The zero-order valence-corrected chi connectivity index (χ0v) is 22.4. The molecule has 10 heteroatoms. The highest BCUT2D eigenvalue weighted by atomic mass is 35.5. The van der Waals surface area contributed by atoms with Crippen molar-refractivity contribution in [3.63, 3.8) is 0 Å². The van der Waals surface area contributed by atoms with Crippen LogP contribution in [-0.2, 0) is 16.0 Å². The molecule has 7 nitrogen and oxygen atoms in total. The van der Waals surface area contributed by atoms with Gasteiger partial charge >= 0.3 is 5.97 Å². The van der Waals surface area contributed by atoms with Crippen LogP contribution in [0.1, 0.15) is 42.6 Å². The molecule has 0 bridgehead atoms. The molecule has 0 saturated heterocycles. The van der Waals surface area contributed by atoms with Crippen molar-refractivity contribution in [3.8, 4) is 11.5 Å². The van der Waals surface area contributed by atoms with Gasteiger partial charge in [0.15, 0.2) is 11.5 Å². The van der Waals surface area contributed by atoms with E-state index in [-0.39, 0.29) is 52.7 Å². The molecule has 2 aromatic carbocycles. The summed E-state index contributed by atoms with van der Waals surface area (Å²) in [6, 6.07) is 9.56. The highest BCUT2D eigenvalue weighted by Crippen LogP contribution is 2.42. The predicted octanol–water partition coefficient (Wildman–Crippen LogP) is 5.04. The summed E-state index contributed by atoms with van der Waals surface area (Å²) < 4.78 is 11.0. The molecule has 194 valence electrons. The van der Waals surface area contributed by atoms with Crippen molar-refractivity contribution in [3.05, 3.63) is 57.6 Å². The fourth-order valence-electron chi connectivity index (χ4n) is 3.10. The second-order valence-electron chi connectivity index (χ2n) is 8.30. The minimum absolute atomic E-state index is 0. The summed E-state index contributed by atoms with van der Waals surface area (Å²) in [5, 5.41) is 16.2. The summed E-state index contributed by atoms with van der Waals surface area (Å²) in [6.07, 6.45) is 1.88. The normalized spacial score (nSPS) is 11.5. The van der Waals surface area contributed by atoms with E-state index in [2.05, 4.69) is 10.6 Å². The number of carbonyl (C=O) groups excluding carboxylic acids is 2. The van der Waals surface area contributed by atoms with Crippen molar-refractivity contribution in [2.24, 2.45) is 5.92 Å². The third kappa shape index (κ3) is 9.76. The third-order valence-electron chi connectivity index (χ3n) is 4.89. The minimum Gasteiger partial charge on any atom is -0.505 e. The van der Waals surface area contributed by atoms with Crippen LogP contribution in [0.2, 0.25) is 10.0 Å². The number of rotatable bonds is 13. The van der Waals surface area contributed by atoms with Gasteiger partial charge in [0.2, 0.25) is 0 Å². The number of ether oxygens (including phenoxy) is 2. The fraction of sp³-hybridized carbons (Fsp3) is 0.440. The number of phenolic OH excluding ortho intramolecular Hbond substituents is 1. The van der Waals surface area contributed by atoms with Crippen LogP contribution in [0.15, 0.2) is 36.4 Å². The molecule has 0 aliphatic rings. The number of phenols is 1. The Hall–Kier alpha value is -2.19. The van der Waals surface area contributed by atoms with Gasteiger partial charge in [0, 0.05) is 6.42 Å². The number of hydrogen-bond donors (Lipinski definition) is 3. The number of unbranched alkanes of at least 4 members (excludes halogenated alkanes) is 1. The monoisotopic (exact) mass is 546 g/mol. The molecule has 0 unspecified atom stereocenters. The molecule has 0 aliphatic heterocycles. The topological polar surface area (TPSA) is 96.9 Å². The first-order valence-electron chi connectivity index (χ1n) is 11.2. The Bertz CT molecular complexity index is 958. The second-order valence-corrected chi connectivity index (χ2v) is 9.08. The van der Waals surface area contributed by atoms with Crippen LogP contribution in [0.25, 0.3) is 0 Å². The molecule has 3 N–H and O–H groups in total. The predicted molar refractivity (Wildman–Crippen MR) is 141 cm³/mol. The van der Waals surface area contributed by atoms with Crippen LogP contribution in [0, 0.1) is 5.92 Å². The smallest absolute Gasteiger partial charge is 0.329 e. The summed E-state index contributed by atoms with van der Waals surface area (Å²) in [6.45, 7) is 5.27. The van der Waals surface area contributed by atoms with E-state index in [0.29, 0.717) is 6.61 Å². The molecular weight excluding hydrogens is 515 g/mol. The van der Waals surface area contributed by atoms with E-state index >= 15 is 0 Å². The molecule has 0 radical (unpaired) electrons. The Labute approximate surface area is 222 Å². The first kappa shape index (κ1) is 30.8. The van der Waals surface area contributed by atoms with Gasteiger partial charge in [-0.05, 0) is 44.0 Å². The zero-order chi connectivity index (χ0) is 25.1. The van der Waals surface area contributed by atoms with Crippen LogP contribution in [-0.4, -0.2) is 49.8 Å². The van der Waals surface area contributed by atoms with Crippen LogP contribution in [0.4, 0.5) is 0 Å². The molecule has 0 spiro atoms. The lowest BCUT2D eigenvalue weighted by atomic mass is 10.0. The Morgan fingerprint density at radius 3 is 2.43 bits per heavy atom. The van der Waals surface area contributed by atoms with Crippen LogP contribution in [0.3, 0.4) is 0 Å². The molecule has 0 heterocycles. The van der Waals surface area contributed by atoms with Gasteiger partial charge in [-0.25, -0.2) is 4.79 Å². The van der Waals surface area contributed by atoms with Crippen LogP contribution >= 0.6 is 35.6 Å².